The summed E-state index contributed by atoms with van der Waals surface area (Å²) in [6.07, 6.45) is 2.05. The molecule has 2 heterocycles. The summed E-state index contributed by atoms with van der Waals surface area (Å²) in [5.74, 6) is -13.7. The van der Waals surface area contributed by atoms with E-state index in [0.29, 0.717) is 58.2 Å². The van der Waals surface area contributed by atoms with Crippen LogP contribution in [-0.4, -0.2) is 204 Å². The number of carbonyl (C=O) groups is 13. The van der Waals surface area contributed by atoms with Crippen molar-refractivity contribution in [2.75, 3.05) is 52.4 Å². The molecule has 0 unspecified atom stereocenters. The summed E-state index contributed by atoms with van der Waals surface area (Å²) >= 11 is 0. The Morgan fingerprint density at radius 2 is 1.08 bits per heavy atom. The maximum atomic E-state index is 13.5. The number of carboxylic acids is 3. The number of carbonyl (C=O) groups excluding carboxylic acids is 10. The first-order valence-corrected chi connectivity index (χ1v) is 25.3. The predicted octanol–water partition coefficient (Wildman–Crippen LogP) is -7.65. The zero-order valence-electron chi connectivity index (χ0n) is 43.0. The molecule has 8 atom stereocenters. The van der Waals surface area contributed by atoms with Gasteiger partial charge in [0.25, 0.3) is 0 Å². The molecule has 21 N–H and O–H groups in total. The smallest absolute Gasteiger partial charge is 0.326 e. The number of unbranched alkanes of at least 4 members (excludes halogenated alkanes) is 2. The number of aliphatic carboxylic acids is 3. The molecule has 0 saturated carbocycles. The van der Waals surface area contributed by atoms with Crippen LogP contribution >= 0.6 is 0 Å². The zero-order valence-corrected chi connectivity index (χ0v) is 43.0. The van der Waals surface area contributed by atoms with Crippen LogP contribution in [0, 0.1) is 0 Å². The summed E-state index contributed by atoms with van der Waals surface area (Å²) in [5, 5.41) is 52.5. The fourth-order valence-electron chi connectivity index (χ4n) is 7.98. The SMILES string of the molecule is C[C@H](NC(=O)[C@H](CC(=O)O)NC(=O)CNC(=O)[C@H](CCCN=C(N)N)NC(=O)[C@H](CC(=O)O)NC(=O)CNC(=O)[C@H](CCCCN)NC(=O)[C@@H]1CCCN1)C(=O)NCC(=O)N1CCC[C@H]1C(=O)N[C@@H](CCCCN)C(=O)O. The Labute approximate surface area is 443 Å². The normalized spacial score (nSPS) is 17.1. The summed E-state index contributed by atoms with van der Waals surface area (Å²) in [6.45, 7) is 0.225. The summed E-state index contributed by atoms with van der Waals surface area (Å²) in [7, 11) is 0. The third-order valence-electron chi connectivity index (χ3n) is 12.0. The fourth-order valence-corrected chi connectivity index (χ4v) is 7.98. The Bertz CT molecular complexity index is 2120. The number of hydrogen-bond acceptors (Lipinski definition) is 17. The molecule has 2 saturated heterocycles. The Morgan fingerprint density at radius 3 is 1.58 bits per heavy atom. The minimum Gasteiger partial charge on any atom is -0.481 e. The summed E-state index contributed by atoms with van der Waals surface area (Å²) in [4.78, 5) is 171. The van der Waals surface area contributed by atoms with Gasteiger partial charge in [-0.05, 0) is 104 Å². The molecule has 32 heteroatoms. The van der Waals surface area contributed by atoms with Crippen molar-refractivity contribution in [1.82, 2.24) is 58.1 Å². The van der Waals surface area contributed by atoms with E-state index in [-0.39, 0.29) is 51.2 Å². The molecular weight excluding hydrogens is 1020 g/mol. The molecule has 2 rings (SSSR count). The molecule has 0 aromatic carbocycles. The first-order chi connectivity index (χ1) is 36.5. The summed E-state index contributed by atoms with van der Waals surface area (Å²) < 4.78 is 0. The number of nitrogens with one attached hydrogen (secondary N) is 10. The van der Waals surface area contributed by atoms with Gasteiger partial charge in [-0.15, -0.1) is 0 Å². The van der Waals surface area contributed by atoms with Crippen molar-refractivity contribution >= 4 is 82.9 Å². The average molecular weight is 1100 g/mol. The third kappa shape index (κ3) is 25.1. The first-order valence-electron chi connectivity index (χ1n) is 25.3. The van der Waals surface area contributed by atoms with Crippen LogP contribution in [0.1, 0.15) is 96.8 Å². The van der Waals surface area contributed by atoms with E-state index in [1.165, 1.54) is 11.8 Å². The molecule has 0 aromatic heterocycles. The Kier molecular flexibility index (Phi) is 29.5. The maximum Gasteiger partial charge on any atom is 0.326 e. The van der Waals surface area contributed by atoms with Crippen LogP contribution in [0.15, 0.2) is 4.99 Å². The van der Waals surface area contributed by atoms with Crippen molar-refractivity contribution < 1.29 is 77.6 Å². The number of likely N-dealkylation sites (tertiary alicyclic amines) is 1. The van der Waals surface area contributed by atoms with Gasteiger partial charge in [0.15, 0.2) is 5.96 Å². The molecule has 77 heavy (non-hydrogen) atoms. The van der Waals surface area contributed by atoms with Gasteiger partial charge in [-0.2, -0.15) is 0 Å². The van der Waals surface area contributed by atoms with Crippen molar-refractivity contribution in [2.24, 2.45) is 27.9 Å². The molecule has 10 amide bonds. The number of nitrogens with two attached hydrogens (primary N) is 4. The molecular formula is C45H76N16O16. The molecule has 0 spiro atoms. The molecule has 2 aliphatic rings. The standard InChI is InChI=1S/C45H76N16O16/c1-24(37(69)54-23-34(64)61-18-8-13-31(61)43(75)60-28(44(76)77)10-3-5-15-47)55-41(73)29(19-35(65)66)56-32(62)21-53-39(71)27(12-7-17-51-45(48)49)59-42(74)30(20-36(67)68)57-33(63)22-52-38(70)26(9-2-4-14-46)58-40(72)25-11-6-16-50-25/h24-31,50H,2-23,46-47H2,1H3,(H,52,70)(H,53,71)(H,54,69)(H,55,73)(H,56,62)(H,57,63)(H,58,72)(H,59,74)(H,60,75)(H,65,66)(H,67,68)(H,76,77)(H4,48,49,51)/t24-,25-,26-,27-,28-,29-,30-,31-/m0/s1. The molecule has 0 aromatic rings. The van der Waals surface area contributed by atoms with E-state index in [2.05, 4.69) is 58.2 Å². The van der Waals surface area contributed by atoms with Gasteiger partial charge < -0.3 is 96.3 Å². The topological polar surface area (TPSA) is 523 Å². The van der Waals surface area contributed by atoms with Gasteiger partial charge in [-0.1, -0.05) is 0 Å². The Hall–Kier alpha value is -7.74. The first kappa shape index (κ1) is 65.4. The van der Waals surface area contributed by atoms with Crippen LogP contribution in [0.4, 0.5) is 0 Å². The largest absolute Gasteiger partial charge is 0.481 e. The quantitative estimate of drug-likeness (QED) is 0.0157. The van der Waals surface area contributed by atoms with E-state index in [4.69, 9.17) is 22.9 Å². The number of nitrogens with zero attached hydrogens (tertiary/aromatic N) is 2. The van der Waals surface area contributed by atoms with Crippen LogP contribution < -0.4 is 76.1 Å². The third-order valence-corrected chi connectivity index (χ3v) is 12.0. The van der Waals surface area contributed by atoms with E-state index in [1.54, 1.807) is 0 Å². The fraction of sp³-hybridized carbons (Fsp3) is 0.689. The number of amides is 10. The highest BCUT2D eigenvalue weighted by molar-refractivity contribution is 5.98. The van der Waals surface area contributed by atoms with Crippen LogP contribution in [0.5, 0.6) is 0 Å². The molecule has 0 radical (unpaired) electrons. The molecule has 2 aliphatic heterocycles. The van der Waals surface area contributed by atoms with E-state index in [1.807, 2.05) is 0 Å². The van der Waals surface area contributed by atoms with Gasteiger partial charge >= 0.3 is 17.9 Å². The van der Waals surface area contributed by atoms with Crippen LogP contribution in [0.25, 0.3) is 0 Å². The number of hydrogen-bond donors (Lipinski definition) is 17. The molecule has 0 bridgehead atoms. The van der Waals surface area contributed by atoms with Crippen molar-refractivity contribution in [3.63, 3.8) is 0 Å². The molecule has 2 fully saturated rings. The van der Waals surface area contributed by atoms with E-state index >= 15 is 0 Å². The van der Waals surface area contributed by atoms with Crippen molar-refractivity contribution in [2.45, 2.75) is 145 Å². The van der Waals surface area contributed by atoms with Gasteiger partial charge in [0, 0.05) is 13.1 Å². The second kappa shape index (κ2) is 34.8. The van der Waals surface area contributed by atoms with Crippen LogP contribution in [-0.2, 0) is 62.3 Å². The highest BCUT2D eigenvalue weighted by atomic mass is 16.4. The summed E-state index contributed by atoms with van der Waals surface area (Å²) in [5.41, 5.74) is 21.8. The van der Waals surface area contributed by atoms with Crippen LogP contribution in [0.2, 0.25) is 0 Å². The molecule has 432 valence electrons. The van der Waals surface area contributed by atoms with Crippen molar-refractivity contribution in [3.8, 4) is 0 Å². The lowest BCUT2D eigenvalue weighted by atomic mass is 10.1. The van der Waals surface area contributed by atoms with Gasteiger partial charge in [0.1, 0.15) is 42.3 Å². The minimum absolute atomic E-state index is 0.0200. The van der Waals surface area contributed by atoms with E-state index < -0.39 is 158 Å². The van der Waals surface area contributed by atoms with Gasteiger partial charge in [-0.25, -0.2) is 4.79 Å². The lowest BCUT2D eigenvalue weighted by molar-refractivity contribution is -0.144. The van der Waals surface area contributed by atoms with Gasteiger partial charge in [0.2, 0.25) is 59.1 Å². The van der Waals surface area contributed by atoms with Gasteiger partial charge in [-0.3, -0.25) is 62.5 Å². The number of guanidine groups is 1. The van der Waals surface area contributed by atoms with E-state index in [0.717, 1.165) is 6.42 Å². The monoisotopic (exact) mass is 1100 g/mol. The number of rotatable bonds is 36. The molecule has 0 aliphatic carbocycles. The second-order valence-electron chi connectivity index (χ2n) is 18.3. The van der Waals surface area contributed by atoms with Crippen LogP contribution in [0.3, 0.4) is 0 Å². The Balaban J connectivity index is 2.06. The maximum absolute atomic E-state index is 13.5. The van der Waals surface area contributed by atoms with Crippen molar-refractivity contribution in [1.29, 1.82) is 0 Å². The lowest BCUT2D eigenvalue weighted by Gasteiger charge is -2.26. The predicted molar refractivity (Wildman–Crippen MR) is 270 cm³/mol. The molecule has 32 nitrogen and oxygen atoms in total. The number of carboxylic acid groups (broad SMARTS) is 3. The van der Waals surface area contributed by atoms with Gasteiger partial charge in [0.05, 0.1) is 38.5 Å². The van der Waals surface area contributed by atoms with E-state index in [9.17, 15) is 77.6 Å². The number of aliphatic imine (C=N–C) groups is 1. The highest BCUT2D eigenvalue weighted by Gasteiger charge is 2.37. The lowest BCUT2D eigenvalue weighted by Crippen LogP contribution is -2.57. The highest BCUT2D eigenvalue weighted by Crippen LogP contribution is 2.18. The minimum atomic E-state index is -1.84. The van der Waals surface area contributed by atoms with Crippen molar-refractivity contribution in [3.05, 3.63) is 0 Å². The summed E-state index contributed by atoms with van der Waals surface area (Å²) in [6, 6.07) is -10.4. The average Bonchev–Trinajstić information content (AvgIpc) is 4.10. The Morgan fingerprint density at radius 1 is 0.571 bits per heavy atom. The zero-order chi connectivity index (χ0) is 57.6. The second-order valence-corrected chi connectivity index (χ2v) is 18.3.